The van der Waals surface area contributed by atoms with Crippen LogP contribution in [0.4, 0.5) is 5.82 Å². The van der Waals surface area contributed by atoms with Gasteiger partial charge in [-0.25, -0.2) is 4.98 Å². The van der Waals surface area contributed by atoms with Gasteiger partial charge in [0.25, 0.3) is 0 Å². The monoisotopic (exact) mass is 252 g/mol. The minimum atomic E-state index is 0.594. The van der Waals surface area contributed by atoms with Gasteiger partial charge in [0.2, 0.25) is 0 Å². The predicted molar refractivity (Wildman–Crippen MR) is 73.8 cm³/mol. The second kappa shape index (κ2) is 9.85. The van der Waals surface area contributed by atoms with E-state index >= 15 is 0 Å². The van der Waals surface area contributed by atoms with Gasteiger partial charge in [-0.1, -0.05) is 19.9 Å². The molecule has 0 atom stereocenters. The van der Waals surface area contributed by atoms with E-state index in [1.807, 2.05) is 18.3 Å². The number of nitrogens with zero attached hydrogens (tertiary/aromatic N) is 1. The van der Waals surface area contributed by atoms with Crippen molar-refractivity contribution in [3.05, 3.63) is 23.9 Å². The fourth-order valence-corrected chi connectivity index (χ4v) is 1.42. The molecule has 1 aromatic heterocycles. The standard InChI is InChI=1S/C14H24N2O2/c1-3-7-15-14-6-5-13(11-16-14)12-18-10-9-17-8-4-2/h5-6,11H,3-4,7-10,12H2,1-2H3,(H,15,16). The Bertz CT molecular complexity index is 301. The highest BCUT2D eigenvalue weighted by Gasteiger charge is 1.96. The van der Waals surface area contributed by atoms with E-state index < -0.39 is 0 Å². The highest BCUT2D eigenvalue weighted by Crippen LogP contribution is 2.06. The fourth-order valence-electron chi connectivity index (χ4n) is 1.42. The molecule has 0 aliphatic carbocycles. The van der Waals surface area contributed by atoms with Crippen LogP contribution in [-0.2, 0) is 16.1 Å². The SMILES string of the molecule is CCCNc1ccc(COCCOCCC)cn1. The number of rotatable bonds is 10. The Labute approximate surface area is 110 Å². The van der Waals surface area contributed by atoms with Crippen LogP contribution in [0.1, 0.15) is 32.3 Å². The minimum absolute atomic E-state index is 0.594. The Morgan fingerprint density at radius 2 is 1.89 bits per heavy atom. The molecule has 1 heterocycles. The zero-order chi connectivity index (χ0) is 13.1. The molecular weight excluding hydrogens is 228 g/mol. The van der Waals surface area contributed by atoms with E-state index in [1.165, 1.54) is 0 Å². The first-order chi connectivity index (χ1) is 8.86. The summed E-state index contributed by atoms with van der Waals surface area (Å²) >= 11 is 0. The van der Waals surface area contributed by atoms with Crippen LogP contribution < -0.4 is 5.32 Å². The molecule has 4 nitrogen and oxygen atoms in total. The lowest BCUT2D eigenvalue weighted by molar-refractivity contribution is 0.0407. The van der Waals surface area contributed by atoms with Crippen LogP contribution in [0.15, 0.2) is 18.3 Å². The van der Waals surface area contributed by atoms with E-state index in [0.717, 1.165) is 37.4 Å². The molecule has 0 aromatic carbocycles. The average Bonchev–Trinajstić information content (AvgIpc) is 2.42. The third kappa shape index (κ3) is 6.57. The van der Waals surface area contributed by atoms with Gasteiger partial charge in [-0.3, -0.25) is 0 Å². The lowest BCUT2D eigenvalue weighted by atomic mass is 10.3. The fraction of sp³-hybridized carbons (Fsp3) is 0.643. The second-order valence-corrected chi connectivity index (χ2v) is 4.14. The van der Waals surface area contributed by atoms with E-state index in [2.05, 4.69) is 24.1 Å². The van der Waals surface area contributed by atoms with Gasteiger partial charge >= 0.3 is 0 Å². The summed E-state index contributed by atoms with van der Waals surface area (Å²) in [4.78, 5) is 4.32. The first-order valence-corrected chi connectivity index (χ1v) is 6.71. The molecule has 0 unspecified atom stereocenters. The summed E-state index contributed by atoms with van der Waals surface area (Å²) in [6.07, 6.45) is 4.01. The number of hydrogen-bond donors (Lipinski definition) is 1. The third-order valence-electron chi connectivity index (χ3n) is 2.37. The van der Waals surface area contributed by atoms with Gasteiger partial charge in [-0.2, -0.15) is 0 Å². The summed E-state index contributed by atoms with van der Waals surface area (Å²) in [5.74, 6) is 0.923. The van der Waals surface area contributed by atoms with Crippen LogP contribution in [-0.4, -0.2) is 31.3 Å². The van der Waals surface area contributed by atoms with Crippen LogP contribution in [0.5, 0.6) is 0 Å². The number of nitrogens with one attached hydrogen (secondary N) is 1. The van der Waals surface area contributed by atoms with Crippen molar-refractivity contribution >= 4 is 5.82 Å². The molecule has 1 N–H and O–H groups in total. The van der Waals surface area contributed by atoms with Crippen molar-refractivity contribution < 1.29 is 9.47 Å². The summed E-state index contributed by atoms with van der Waals surface area (Å²) in [7, 11) is 0. The van der Waals surface area contributed by atoms with E-state index in [0.29, 0.717) is 19.8 Å². The predicted octanol–water partition coefficient (Wildman–Crippen LogP) is 2.85. The van der Waals surface area contributed by atoms with Gasteiger partial charge in [-0.05, 0) is 24.5 Å². The number of ether oxygens (including phenoxy) is 2. The maximum atomic E-state index is 5.50. The average molecular weight is 252 g/mol. The van der Waals surface area contributed by atoms with Gasteiger partial charge in [0.05, 0.1) is 19.8 Å². The molecule has 0 saturated heterocycles. The molecule has 0 bridgehead atoms. The number of hydrogen-bond acceptors (Lipinski definition) is 4. The number of anilines is 1. The number of pyridine rings is 1. The maximum Gasteiger partial charge on any atom is 0.125 e. The van der Waals surface area contributed by atoms with Crippen molar-refractivity contribution in [1.82, 2.24) is 4.98 Å². The maximum absolute atomic E-state index is 5.50. The van der Waals surface area contributed by atoms with Crippen molar-refractivity contribution in [2.45, 2.75) is 33.3 Å². The molecule has 0 spiro atoms. The number of aromatic nitrogens is 1. The zero-order valence-corrected chi connectivity index (χ0v) is 11.4. The van der Waals surface area contributed by atoms with Gasteiger partial charge in [0.15, 0.2) is 0 Å². The quantitative estimate of drug-likeness (QED) is 0.650. The van der Waals surface area contributed by atoms with E-state index in [9.17, 15) is 0 Å². The molecule has 1 rings (SSSR count). The lowest BCUT2D eigenvalue weighted by Crippen LogP contribution is -2.05. The molecular formula is C14H24N2O2. The molecule has 4 heteroatoms. The van der Waals surface area contributed by atoms with Crippen LogP contribution >= 0.6 is 0 Å². The Kier molecular flexibility index (Phi) is 8.17. The molecule has 0 saturated carbocycles. The highest BCUT2D eigenvalue weighted by molar-refractivity contribution is 5.35. The van der Waals surface area contributed by atoms with Crippen LogP contribution in [0, 0.1) is 0 Å². The smallest absolute Gasteiger partial charge is 0.125 e. The molecule has 0 amide bonds. The summed E-state index contributed by atoms with van der Waals surface area (Å²) in [5, 5.41) is 3.24. The van der Waals surface area contributed by atoms with Gasteiger partial charge in [-0.15, -0.1) is 0 Å². The van der Waals surface area contributed by atoms with Gasteiger partial charge < -0.3 is 14.8 Å². The second-order valence-electron chi connectivity index (χ2n) is 4.14. The Morgan fingerprint density at radius 3 is 2.56 bits per heavy atom. The molecule has 18 heavy (non-hydrogen) atoms. The van der Waals surface area contributed by atoms with Gasteiger partial charge in [0.1, 0.15) is 5.82 Å². The first kappa shape index (κ1) is 14.9. The Balaban J connectivity index is 2.14. The minimum Gasteiger partial charge on any atom is -0.379 e. The summed E-state index contributed by atoms with van der Waals surface area (Å²) in [6.45, 7) is 7.89. The molecule has 0 radical (unpaired) electrons. The van der Waals surface area contributed by atoms with Crippen molar-refractivity contribution in [3.63, 3.8) is 0 Å². The Hall–Kier alpha value is -1.13. The third-order valence-corrected chi connectivity index (χ3v) is 2.37. The topological polar surface area (TPSA) is 43.4 Å². The van der Waals surface area contributed by atoms with Gasteiger partial charge in [0, 0.05) is 19.3 Å². The normalized spacial score (nSPS) is 10.6. The summed E-state index contributed by atoms with van der Waals surface area (Å²) in [6, 6.07) is 4.03. The zero-order valence-electron chi connectivity index (χ0n) is 11.4. The molecule has 0 aliphatic rings. The van der Waals surface area contributed by atoms with Crippen LogP contribution in [0.2, 0.25) is 0 Å². The van der Waals surface area contributed by atoms with Crippen LogP contribution in [0.3, 0.4) is 0 Å². The first-order valence-electron chi connectivity index (χ1n) is 6.71. The molecule has 0 fully saturated rings. The van der Waals surface area contributed by atoms with Crippen molar-refractivity contribution in [3.8, 4) is 0 Å². The Morgan fingerprint density at radius 1 is 1.06 bits per heavy atom. The van der Waals surface area contributed by atoms with Crippen molar-refractivity contribution in [1.29, 1.82) is 0 Å². The molecule has 102 valence electrons. The van der Waals surface area contributed by atoms with Crippen molar-refractivity contribution in [2.24, 2.45) is 0 Å². The molecule has 0 aliphatic heterocycles. The van der Waals surface area contributed by atoms with E-state index in [4.69, 9.17) is 9.47 Å². The molecule has 1 aromatic rings. The summed E-state index contributed by atoms with van der Waals surface area (Å²) in [5.41, 5.74) is 1.09. The largest absolute Gasteiger partial charge is 0.379 e. The van der Waals surface area contributed by atoms with E-state index in [1.54, 1.807) is 0 Å². The van der Waals surface area contributed by atoms with Crippen molar-refractivity contribution in [2.75, 3.05) is 31.7 Å². The van der Waals surface area contributed by atoms with E-state index in [-0.39, 0.29) is 0 Å². The summed E-state index contributed by atoms with van der Waals surface area (Å²) < 4.78 is 10.8. The van der Waals surface area contributed by atoms with Crippen LogP contribution in [0.25, 0.3) is 0 Å². The highest BCUT2D eigenvalue weighted by atomic mass is 16.5. The lowest BCUT2D eigenvalue weighted by Gasteiger charge is -2.06.